The first kappa shape index (κ1) is 11.2. The van der Waals surface area contributed by atoms with Crippen LogP contribution in [0.1, 0.15) is 10.4 Å². The zero-order valence-electron chi connectivity index (χ0n) is 8.83. The van der Waals surface area contributed by atoms with E-state index in [-0.39, 0.29) is 23.2 Å². The number of methoxy groups -OCH3 is 2. The van der Waals surface area contributed by atoms with Crippen molar-refractivity contribution in [3.8, 4) is 17.2 Å². The van der Waals surface area contributed by atoms with Gasteiger partial charge in [0, 0.05) is 12.6 Å². The summed E-state index contributed by atoms with van der Waals surface area (Å²) in [6, 6.07) is 2.88. The van der Waals surface area contributed by atoms with Crippen LogP contribution in [0.5, 0.6) is 17.2 Å². The summed E-state index contributed by atoms with van der Waals surface area (Å²) in [5.41, 5.74) is 0.365. The third-order valence-corrected chi connectivity index (χ3v) is 1.97. The molecule has 0 aliphatic heterocycles. The van der Waals surface area contributed by atoms with E-state index in [9.17, 15) is 9.90 Å². The van der Waals surface area contributed by atoms with Crippen molar-refractivity contribution in [3.05, 3.63) is 17.7 Å². The summed E-state index contributed by atoms with van der Waals surface area (Å²) in [5.74, 6) is 0.0140. The van der Waals surface area contributed by atoms with Crippen LogP contribution < -0.4 is 14.8 Å². The Hall–Kier alpha value is -1.91. The molecule has 0 aromatic heterocycles. The minimum atomic E-state index is -0.272. The molecular formula is C10H13NO4. The van der Waals surface area contributed by atoms with Gasteiger partial charge in [-0.05, 0) is 12.1 Å². The van der Waals surface area contributed by atoms with E-state index in [4.69, 9.17) is 9.47 Å². The number of benzene rings is 1. The second-order valence-corrected chi connectivity index (χ2v) is 2.81. The number of hydrogen-bond acceptors (Lipinski definition) is 4. The predicted molar refractivity (Wildman–Crippen MR) is 54.6 cm³/mol. The summed E-state index contributed by atoms with van der Waals surface area (Å²) in [6.07, 6.45) is 0. The van der Waals surface area contributed by atoms with Gasteiger partial charge in [-0.15, -0.1) is 0 Å². The lowest BCUT2D eigenvalue weighted by Gasteiger charge is -2.10. The summed E-state index contributed by atoms with van der Waals surface area (Å²) in [5, 5.41) is 12.1. The molecule has 1 rings (SSSR count). The molecule has 5 nitrogen and oxygen atoms in total. The fraction of sp³-hybridized carbons (Fsp3) is 0.300. The van der Waals surface area contributed by atoms with Crippen molar-refractivity contribution in [2.75, 3.05) is 21.3 Å². The molecule has 15 heavy (non-hydrogen) atoms. The Kier molecular flexibility index (Phi) is 3.38. The molecule has 0 aliphatic rings. The van der Waals surface area contributed by atoms with Gasteiger partial charge < -0.3 is 19.9 Å². The van der Waals surface area contributed by atoms with Gasteiger partial charge in [0.05, 0.1) is 14.2 Å². The molecule has 0 unspecified atom stereocenters. The number of hydrogen-bond donors (Lipinski definition) is 2. The van der Waals surface area contributed by atoms with Crippen molar-refractivity contribution >= 4 is 5.91 Å². The highest BCUT2D eigenvalue weighted by atomic mass is 16.5. The van der Waals surface area contributed by atoms with Crippen LogP contribution in [-0.2, 0) is 0 Å². The molecule has 2 N–H and O–H groups in total. The van der Waals surface area contributed by atoms with E-state index in [1.165, 1.54) is 33.4 Å². The highest BCUT2D eigenvalue weighted by molar-refractivity contribution is 5.95. The van der Waals surface area contributed by atoms with E-state index in [0.717, 1.165) is 0 Å². The fourth-order valence-electron chi connectivity index (χ4n) is 1.17. The molecule has 0 atom stereocenters. The van der Waals surface area contributed by atoms with E-state index in [2.05, 4.69) is 5.32 Å². The molecule has 0 bridgehead atoms. The average Bonchev–Trinajstić information content (AvgIpc) is 2.28. The summed E-state index contributed by atoms with van der Waals surface area (Å²) in [6.45, 7) is 0. The third kappa shape index (κ3) is 2.12. The monoisotopic (exact) mass is 211 g/mol. The number of ether oxygens (including phenoxy) is 2. The van der Waals surface area contributed by atoms with E-state index in [1.54, 1.807) is 0 Å². The number of aromatic hydroxyl groups is 1. The molecule has 1 amide bonds. The molecule has 0 aliphatic carbocycles. The van der Waals surface area contributed by atoms with Gasteiger partial charge >= 0.3 is 0 Å². The smallest absolute Gasteiger partial charge is 0.251 e. The van der Waals surface area contributed by atoms with Crippen LogP contribution in [0.4, 0.5) is 0 Å². The van der Waals surface area contributed by atoms with Gasteiger partial charge in [-0.25, -0.2) is 0 Å². The van der Waals surface area contributed by atoms with Gasteiger partial charge in [-0.2, -0.15) is 0 Å². The standard InChI is InChI=1S/C10H13NO4/c1-11-10(13)6-4-7(14-2)9(12)8(5-6)15-3/h4-5,12H,1-3H3,(H,11,13). The Morgan fingerprint density at radius 2 is 1.73 bits per heavy atom. The highest BCUT2D eigenvalue weighted by Crippen LogP contribution is 2.36. The Labute approximate surface area is 87.6 Å². The van der Waals surface area contributed by atoms with Crippen LogP contribution in [0.25, 0.3) is 0 Å². The first-order valence-corrected chi connectivity index (χ1v) is 4.31. The lowest BCUT2D eigenvalue weighted by Crippen LogP contribution is -2.17. The van der Waals surface area contributed by atoms with E-state index >= 15 is 0 Å². The number of carbonyl (C=O) groups is 1. The maximum atomic E-state index is 11.4. The Morgan fingerprint density at radius 1 is 1.27 bits per heavy atom. The number of phenolic OH excluding ortho intramolecular Hbond substituents is 1. The molecule has 82 valence electrons. The first-order chi connectivity index (χ1) is 7.13. The van der Waals surface area contributed by atoms with E-state index < -0.39 is 0 Å². The van der Waals surface area contributed by atoms with Crippen LogP contribution in [-0.4, -0.2) is 32.3 Å². The molecule has 0 spiro atoms. The SMILES string of the molecule is CNC(=O)c1cc(OC)c(O)c(OC)c1. The van der Waals surface area contributed by atoms with Gasteiger partial charge in [0.25, 0.3) is 5.91 Å². The summed E-state index contributed by atoms with van der Waals surface area (Å²) >= 11 is 0. The Morgan fingerprint density at radius 3 is 2.07 bits per heavy atom. The molecule has 5 heteroatoms. The van der Waals surface area contributed by atoms with Gasteiger partial charge in [0.1, 0.15) is 0 Å². The van der Waals surface area contributed by atoms with Crippen molar-refractivity contribution in [3.63, 3.8) is 0 Å². The van der Waals surface area contributed by atoms with Crippen LogP contribution in [0.3, 0.4) is 0 Å². The van der Waals surface area contributed by atoms with Crippen LogP contribution in [0.15, 0.2) is 12.1 Å². The molecule has 0 radical (unpaired) electrons. The van der Waals surface area contributed by atoms with E-state index in [0.29, 0.717) is 5.56 Å². The maximum Gasteiger partial charge on any atom is 0.251 e. The highest BCUT2D eigenvalue weighted by Gasteiger charge is 2.14. The van der Waals surface area contributed by atoms with Gasteiger partial charge in [-0.1, -0.05) is 0 Å². The minimum Gasteiger partial charge on any atom is -0.502 e. The normalized spacial score (nSPS) is 9.53. The lowest BCUT2D eigenvalue weighted by molar-refractivity contribution is 0.0962. The third-order valence-electron chi connectivity index (χ3n) is 1.97. The quantitative estimate of drug-likeness (QED) is 0.774. The molecule has 0 heterocycles. The second-order valence-electron chi connectivity index (χ2n) is 2.81. The average molecular weight is 211 g/mol. The largest absolute Gasteiger partial charge is 0.502 e. The van der Waals surface area contributed by atoms with Crippen LogP contribution in [0.2, 0.25) is 0 Å². The van der Waals surface area contributed by atoms with Crippen molar-refractivity contribution in [1.82, 2.24) is 5.32 Å². The van der Waals surface area contributed by atoms with Crippen molar-refractivity contribution < 1.29 is 19.4 Å². The van der Waals surface area contributed by atoms with Gasteiger partial charge in [-0.3, -0.25) is 4.79 Å². The molecule has 0 saturated carbocycles. The predicted octanol–water partition coefficient (Wildman–Crippen LogP) is 0.769. The van der Waals surface area contributed by atoms with Crippen LogP contribution in [0, 0.1) is 0 Å². The number of phenols is 1. The lowest BCUT2D eigenvalue weighted by atomic mass is 10.1. The minimum absolute atomic E-state index is 0.118. The van der Waals surface area contributed by atoms with Gasteiger partial charge in [0.15, 0.2) is 11.5 Å². The first-order valence-electron chi connectivity index (χ1n) is 4.31. The Balaban J connectivity index is 3.26. The molecular weight excluding hydrogens is 198 g/mol. The number of amides is 1. The molecule has 0 fully saturated rings. The maximum absolute atomic E-state index is 11.4. The summed E-state index contributed by atoms with van der Waals surface area (Å²) < 4.78 is 9.83. The summed E-state index contributed by atoms with van der Waals surface area (Å²) in [7, 11) is 4.33. The van der Waals surface area contributed by atoms with Crippen molar-refractivity contribution in [1.29, 1.82) is 0 Å². The zero-order valence-corrected chi connectivity index (χ0v) is 8.83. The molecule has 1 aromatic rings. The topological polar surface area (TPSA) is 67.8 Å². The second kappa shape index (κ2) is 4.54. The molecule has 0 saturated heterocycles. The number of nitrogens with one attached hydrogen (secondary N) is 1. The number of carbonyl (C=O) groups excluding carboxylic acids is 1. The summed E-state index contributed by atoms with van der Waals surface area (Å²) in [4.78, 5) is 11.4. The number of rotatable bonds is 3. The van der Waals surface area contributed by atoms with Crippen molar-refractivity contribution in [2.45, 2.75) is 0 Å². The Bertz CT molecular complexity index is 351. The van der Waals surface area contributed by atoms with Crippen molar-refractivity contribution in [2.24, 2.45) is 0 Å². The van der Waals surface area contributed by atoms with E-state index in [1.807, 2.05) is 0 Å². The molecule has 1 aromatic carbocycles. The van der Waals surface area contributed by atoms with Gasteiger partial charge in [0.2, 0.25) is 5.75 Å². The zero-order chi connectivity index (χ0) is 11.4. The fourth-order valence-corrected chi connectivity index (χ4v) is 1.17. The van der Waals surface area contributed by atoms with Crippen LogP contribution >= 0.6 is 0 Å².